The summed E-state index contributed by atoms with van der Waals surface area (Å²) < 4.78 is 0. The highest BCUT2D eigenvalue weighted by molar-refractivity contribution is 6.30. The Balaban J connectivity index is 1.79. The van der Waals surface area contributed by atoms with Crippen LogP contribution in [-0.4, -0.2) is 29.0 Å². The number of aromatic nitrogens is 2. The normalized spacial score (nSPS) is 10.3. The molecule has 0 aliphatic carbocycles. The van der Waals surface area contributed by atoms with Crippen molar-refractivity contribution in [3.63, 3.8) is 0 Å². The van der Waals surface area contributed by atoms with Gasteiger partial charge in [-0.2, -0.15) is 0 Å². The second-order valence-electron chi connectivity index (χ2n) is 5.20. The van der Waals surface area contributed by atoms with Crippen LogP contribution in [0.3, 0.4) is 0 Å². The number of halogens is 1. The summed E-state index contributed by atoms with van der Waals surface area (Å²) in [5.41, 5.74) is 1.40. The molecular weight excluding hydrogens is 312 g/mol. The Kier molecular flexibility index (Phi) is 6.81. The molecule has 5 nitrogen and oxygen atoms in total. The molecule has 0 aliphatic heterocycles. The minimum atomic E-state index is -0.223. The summed E-state index contributed by atoms with van der Waals surface area (Å²) >= 11 is 5.93. The SMILES string of the molecule is CCCCNc1cnc(C(=O)NCCc2cccc(Cl)c2)cn1. The molecule has 6 heteroatoms. The Morgan fingerprint density at radius 2 is 2.09 bits per heavy atom. The molecule has 0 aliphatic rings. The number of unbranched alkanes of at least 4 members (excludes halogenated alkanes) is 1. The lowest BCUT2D eigenvalue weighted by Crippen LogP contribution is -2.26. The molecule has 0 radical (unpaired) electrons. The zero-order valence-electron chi connectivity index (χ0n) is 13.2. The van der Waals surface area contributed by atoms with Gasteiger partial charge in [-0.15, -0.1) is 0 Å². The molecule has 1 amide bonds. The monoisotopic (exact) mass is 332 g/mol. The number of benzene rings is 1. The molecule has 0 spiro atoms. The zero-order chi connectivity index (χ0) is 16.5. The molecule has 1 aromatic carbocycles. The van der Waals surface area contributed by atoms with Crippen molar-refractivity contribution in [2.75, 3.05) is 18.4 Å². The number of carbonyl (C=O) groups excluding carboxylic acids is 1. The van der Waals surface area contributed by atoms with Crippen LogP contribution in [0, 0.1) is 0 Å². The van der Waals surface area contributed by atoms with E-state index in [9.17, 15) is 4.79 Å². The van der Waals surface area contributed by atoms with Gasteiger partial charge in [0.2, 0.25) is 0 Å². The van der Waals surface area contributed by atoms with Gasteiger partial charge in [-0.25, -0.2) is 9.97 Å². The van der Waals surface area contributed by atoms with Gasteiger partial charge < -0.3 is 10.6 Å². The Labute approximate surface area is 141 Å². The van der Waals surface area contributed by atoms with E-state index in [2.05, 4.69) is 27.5 Å². The van der Waals surface area contributed by atoms with Crippen LogP contribution in [0.1, 0.15) is 35.8 Å². The second-order valence-corrected chi connectivity index (χ2v) is 5.64. The molecular formula is C17H21ClN4O. The largest absolute Gasteiger partial charge is 0.369 e. The van der Waals surface area contributed by atoms with Crippen molar-refractivity contribution in [3.8, 4) is 0 Å². The average Bonchev–Trinajstić information content (AvgIpc) is 2.56. The fourth-order valence-corrected chi connectivity index (χ4v) is 2.25. The fraction of sp³-hybridized carbons (Fsp3) is 0.353. The van der Waals surface area contributed by atoms with E-state index >= 15 is 0 Å². The molecule has 0 atom stereocenters. The molecule has 23 heavy (non-hydrogen) atoms. The van der Waals surface area contributed by atoms with E-state index in [0.717, 1.165) is 31.4 Å². The van der Waals surface area contributed by atoms with Gasteiger partial charge in [0, 0.05) is 18.1 Å². The van der Waals surface area contributed by atoms with Crippen molar-refractivity contribution < 1.29 is 4.79 Å². The van der Waals surface area contributed by atoms with Gasteiger partial charge in [0.1, 0.15) is 11.5 Å². The van der Waals surface area contributed by atoms with Crippen molar-refractivity contribution in [1.82, 2.24) is 15.3 Å². The summed E-state index contributed by atoms with van der Waals surface area (Å²) in [7, 11) is 0. The van der Waals surface area contributed by atoms with Crippen LogP contribution in [0.4, 0.5) is 5.82 Å². The summed E-state index contributed by atoms with van der Waals surface area (Å²) in [6, 6.07) is 7.60. The summed E-state index contributed by atoms with van der Waals surface area (Å²) in [5.74, 6) is 0.466. The lowest BCUT2D eigenvalue weighted by Gasteiger charge is -2.07. The molecule has 0 fully saturated rings. The second kappa shape index (κ2) is 9.10. The van der Waals surface area contributed by atoms with E-state index in [1.807, 2.05) is 24.3 Å². The smallest absolute Gasteiger partial charge is 0.271 e. The van der Waals surface area contributed by atoms with Crippen LogP contribution in [0.5, 0.6) is 0 Å². The predicted octanol–water partition coefficient (Wildman–Crippen LogP) is 3.31. The number of nitrogens with one attached hydrogen (secondary N) is 2. The van der Waals surface area contributed by atoms with Gasteiger partial charge in [0.15, 0.2) is 0 Å². The minimum absolute atomic E-state index is 0.223. The summed E-state index contributed by atoms with van der Waals surface area (Å²) in [6.45, 7) is 3.51. The molecule has 0 bridgehead atoms. The van der Waals surface area contributed by atoms with Gasteiger partial charge in [-0.1, -0.05) is 37.1 Å². The van der Waals surface area contributed by atoms with Gasteiger partial charge in [-0.3, -0.25) is 4.79 Å². The van der Waals surface area contributed by atoms with Crippen molar-refractivity contribution in [3.05, 3.63) is 52.9 Å². The maximum atomic E-state index is 12.0. The van der Waals surface area contributed by atoms with Gasteiger partial charge >= 0.3 is 0 Å². The van der Waals surface area contributed by atoms with Crippen LogP contribution in [0.15, 0.2) is 36.7 Å². The van der Waals surface area contributed by atoms with Gasteiger partial charge in [0.05, 0.1) is 12.4 Å². The summed E-state index contributed by atoms with van der Waals surface area (Å²) in [6.07, 6.45) is 5.99. The number of hydrogen-bond donors (Lipinski definition) is 2. The molecule has 0 saturated carbocycles. The number of nitrogens with zero attached hydrogens (tertiary/aromatic N) is 2. The molecule has 2 N–H and O–H groups in total. The Morgan fingerprint density at radius 3 is 2.78 bits per heavy atom. The summed E-state index contributed by atoms with van der Waals surface area (Å²) in [4.78, 5) is 20.3. The van der Waals surface area contributed by atoms with Crippen molar-refractivity contribution in [2.45, 2.75) is 26.2 Å². The van der Waals surface area contributed by atoms with Gasteiger partial charge in [-0.05, 0) is 30.5 Å². The molecule has 1 heterocycles. The third-order valence-electron chi connectivity index (χ3n) is 3.31. The van der Waals surface area contributed by atoms with Crippen LogP contribution in [0.25, 0.3) is 0 Å². The van der Waals surface area contributed by atoms with Crippen LogP contribution in [-0.2, 0) is 6.42 Å². The highest BCUT2D eigenvalue weighted by Gasteiger charge is 2.07. The lowest BCUT2D eigenvalue weighted by molar-refractivity contribution is 0.0949. The van der Waals surface area contributed by atoms with Crippen LogP contribution in [0.2, 0.25) is 5.02 Å². The Hall–Kier alpha value is -2.14. The molecule has 0 saturated heterocycles. The van der Waals surface area contributed by atoms with Crippen molar-refractivity contribution >= 4 is 23.3 Å². The highest BCUT2D eigenvalue weighted by Crippen LogP contribution is 2.10. The number of anilines is 1. The molecule has 2 aromatic rings. The first-order valence-corrected chi connectivity index (χ1v) is 8.15. The highest BCUT2D eigenvalue weighted by atomic mass is 35.5. The number of rotatable bonds is 8. The Morgan fingerprint density at radius 1 is 1.22 bits per heavy atom. The van der Waals surface area contributed by atoms with Gasteiger partial charge in [0.25, 0.3) is 5.91 Å². The van der Waals surface area contributed by atoms with E-state index in [1.54, 1.807) is 6.20 Å². The van der Waals surface area contributed by atoms with Crippen molar-refractivity contribution in [2.24, 2.45) is 0 Å². The van der Waals surface area contributed by atoms with E-state index in [4.69, 9.17) is 11.6 Å². The molecule has 0 unspecified atom stereocenters. The van der Waals surface area contributed by atoms with E-state index in [0.29, 0.717) is 23.1 Å². The van der Waals surface area contributed by atoms with Crippen molar-refractivity contribution in [1.29, 1.82) is 0 Å². The number of amides is 1. The maximum Gasteiger partial charge on any atom is 0.271 e. The quantitative estimate of drug-likeness (QED) is 0.728. The van der Waals surface area contributed by atoms with Crippen LogP contribution < -0.4 is 10.6 Å². The topological polar surface area (TPSA) is 66.9 Å². The third kappa shape index (κ3) is 5.87. The zero-order valence-corrected chi connectivity index (χ0v) is 13.9. The fourth-order valence-electron chi connectivity index (χ4n) is 2.03. The molecule has 1 aromatic heterocycles. The first kappa shape index (κ1) is 17.2. The number of carbonyl (C=O) groups is 1. The van der Waals surface area contributed by atoms with E-state index < -0.39 is 0 Å². The van der Waals surface area contributed by atoms with E-state index in [1.165, 1.54) is 6.20 Å². The molecule has 2 rings (SSSR count). The number of hydrogen-bond acceptors (Lipinski definition) is 4. The Bertz CT molecular complexity index is 631. The summed E-state index contributed by atoms with van der Waals surface area (Å²) in [5, 5.41) is 6.70. The average molecular weight is 333 g/mol. The first-order chi connectivity index (χ1) is 11.2. The minimum Gasteiger partial charge on any atom is -0.369 e. The maximum absolute atomic E-state index is 12.0. The standard InChI is InChI=1S/C17H21ClN4O/c1-2-3-8-19-16-12-21-15(11-22-16)17(23)20-9-7-13-5-4-6-14(18)10-13/h4-6,10-12H,2-3,7-9H2,1H3,(H,19,22)(H,20,23). The lowest BCUT2D eigenvalue weighted by atomic mass is 10.1. The van der Waals surface area contributed by atoms with E-state index in [-0.39, 0.29) is 5.91 Å². The third-order valence-corrected chi connectivity index (χ3v) is 3.54. The first-order valence-electron chi connectivity index (χ1n) is 7.77. The van der Waals surface area contributed by atoms with Crippen LogP contribution >= 0.6 is 11.6 Å². The molecule has 122 valence electrons. The predicted molar refractivity (Wildman–Crippen MR) is 92.9 cm³/mol.